The number of aromatic nitrogens is 2. The van der Waals surface area contributed by atoms with Gasteiger partial charge in [0.05, 0.1) is 32.7 Å². The summed E-state index contributed by atoms with van der Waals surface area (Å²) in [6.45, 7) is 3.65. The molecule has 3 aromatic rings. The van der Waals surface area contributed by atoms with Gasteiger partial charge in [0.1, 0.15) is 5.82 Å². The summed E-state index contributed by atoms with van der Waals surface area (Å²) in [4.78, 5) is 38.3. The summed E-state index contributed by atoms with van der Waals surface area (Å²) in [5.41, 5.74) is 1.28. The zero-order valence-corrected chi connectivity index (χ0v) is 20.4. The van der Waals surface area contributed by atoms with Crippen molar-refractivity contribution in [1.82, 2.24) is 14.9 Å². The smallest absolute Gasteiger partial charge is 0.360 e. The van der Waals surface area contributed by atoms with Crippen LogP contribution in [0.1, 0.15) is 34.2 Å². The van der Waals surface area contributed by atoms with Crippen molar-refractivity contribution in [3.8, 4) is 0 Å². The molecule has 4 rings (SSSR count). The summed E-state index contributed by atoms with van der Waals surface area (Å²) >= 11 is 18.1. The first-order valence-electron chi connectivity index (χ1n) is 10.6. The third-order valence-corrected chi connectivity index (χ3v) is 6.42. The van der Waals surface area contributed by atoms with Crippen LogP contribution in [-0.2, 0) is 4.74 Å². The fourth-order valence-electron chi connectivity index (χ4n) is 3.74. The lowest BCUT2D eigenvalue weighted by molar-refractivity contribution is 0.0520. The number of carbonyl (C=O) groups excluding carboxylic acids is 2. The van der Waals surface area contributed by atoms with Crippen LogP contribution in [0.4, 0.5) is 10.2 Å². The number of ether oxygens (including phenoxy) is 1. The maximum atomic E-state index is 13.5. The first-order valence-corrected chi connectivity index (χ1v) is 11.7. The minimum atomic E-state index is -0.601. The van der Waals surface area contributed by atoms with Gasteiger partial charge in [0.2, 0.25) is 0 Å². The van der Waals surface area contributed by atoms with E-state index in [0.29, 0.717) is 65.1 Å². The molecular weight excluding hydrogens is 506 g/mol. The molecule has 34 heavy (non-hydrogen) atoms. The van der Waals surface area contributed by atoms with E-state index in [1.807, 2.05) is 4.90 Å². The number of fused-ring (bicyclic) bond motifs is 1. The summed E-state index contributed by atoms with van der Waals surface area (Å²) in [6, 6.07) is 7.05. The lowest BCUT2D eigenvalue weighted by atomic mass is 10.2. The molecule has 0 atom stereocenters. The van der Waals surface area contributed by atoms with Gasteiger partial charge < -0.3 is 14.5 Å². The number of benzene rings is 2. The molecule has 0 N–H and O–H groups in total. The molecule has 1 aliphatic rings. The average molecular weight is 526 g/mol. The van der Waals surface area contributed by atoms with Gasteiger partial charge in [-0.05, 0) is 43.7 Å². The second kappa shape index (κ2) is 10.3. The largest absolute Gasteiger partial charge is 0.461 e. The van der Waals surface area contributed by atoms with Crippen molar-refractivity contribution in [1.29, 1.82) is 0 Å². The first-order chi connectivity index (χ1) is 16.3. The summed E-state index contributed by atoms with van der Waals surface area (Å²) in [6.07, 6.45) is 0.615. The molecule has 0 bridgehead atoms. The highest BCUT2D eigenvalue weighted by Crippen LogP contribution is 2.29. The fraction of sp³-hybridized carbons (Fsp3) is 0.304. The van der Waals surface area contributed by atoms with E-state index in [2.05, 4.69) is 9.97 Å². The molecule has 1 saturated heterocycles. The standard InChI is InChI=1S/C23H20Cl3FN4O3/c1-2-34-23(33)20-21(29-19-12-15(25)14(24)11-18(19)28-20)30-6-3-7-31(9-8-30)22(32)13-4-5-17(27)16(26)10-13/h4-5,10-12H,2-3,6-9H2,1H3. The van der Waals surface area contributed by atoms with Crippen LogP contribution in [-0.4, -0.2) is 59.5 Å². The molecule has 11 heteroatoms. The molecule has 2 heterocycles. The summed E-state index contributed by atoms with van der Waals surface area (Å²) in [7, 11) is 0. The van der Waals surface area contributed by atoms with E-state index >= 15 is 0 Å². The second-order valence-corrected chi connectivity index (χ2v) is 8.85. The number of nitrogens with zero attached hydrogens (tertiary/aromatic N) is 4. The van der Waals surface area contributed by atoms with Crippen LogP contribution in [0.3, 0.4) is 0 Å². The molecule has 1 aliphatic heterocycles. The number of rotatable bonds is 4. The van der Waals surface area contributed by atoms with Crippen LogP contribution in [0.5, 0.6) is 0 Å². The monoisotopic (exact) mass is 524 g/mol. The lowest BCUT2D eigenvalue weighted by Gasteiger charge is -2.24. The maximum Gasteiger partial charge on any atom is 0.360 e. The highest BCUT2D eigenvalue weighted by molar-refractivity contribution is 6.42. The Morgan fingerprint density at radius 3 is 2.35 bits per heavy atom. The molecular formula is C23H20Cl3FN4O3. The van der Waals surface area contributed by atoms with Crippen molar-refractivity contribution in [2.24, 2.45) is 0 Å². The second-order valence-electron chi connectivity index (χ2n) is 7.63. The Labute approximate surface area is 210 Å². The van der Waals surface area contributed by atoms with Gasteiger partial charge in [0.15, 0.2) is 11.5 Å². The van der Waals surface area contributed by atoms with Gasteiger partial charge in [-0.2, -0.15) is 0 Å². The number of anilines is 1. The Balaban J connectivity index is 1.64. The van der Waals surface area contributed by atoms with Crippen molar-refractivity contribution in [2.75, 3.05) is 37.7 Å². The Bertz CT molecular complexity index is 1270. The summed E-state index contributed by atoms with van der Waals surface area (Å²) in [5, 5.41) is 0.520. The van der Waals surface area contributed by atoms with Crippen molar-refractivity contribution in [3.63, 3.8) is 0 Å². The third-order valence-electron chi connectivity index (χ3n) is 5.41. The molecule has 1 amide bonds. The van der Waals surface area contributed by atoms with E-state index in [1.165, 1.54) is 18.2 Å². The van der Waals surface area contributed by atoms with E-state index in [9.17, 15) is 14.0 Å². The quantitative estimate of drug-likeness (QED) is 0.433. The normalized spacial score (nSPS) is 14.3. The molecule has 0 spiro atoms. The van der Waals surface area contributed by atoms with Gasteiger partial charge in [-0.3, -0.25) is 4.79 Å². The third kappa shape index (κ3) is 5.04. The number of carbonyl (C=O) groups is 2. The van der Waals surface area contributed by atoms with Crippen LogP contribution < -0.4 is 4.90 Å². The zero-order chi connectivity index (χ0) is 24.4. The first kappa shape index (κ1) is 24.4. The van der Waals surface area contributed by atoms with Gasteiger partial charge in [0.25, 0.3) is 5.91 Å². The summed E-state index contributed by atoms with van der Waals surface area (Å²) < 4.78 is 18.7. The lowest BCUT2D eigenvalue weighted by Crippen LogP contribution is -2.36. The molecule has 2 aromatic carbocycles. The van der Waals surface area contributed by atoms with Crippen LogP contribution in [0, 0.1) is 5.82 Å². The average Bonchev–Trinajstić information content (AvgIpc) is 3.07. The minimum absolute atomic E-state index is 0.0674. The minimum Gasteiger partial charge on any atom is -0.461 e. The van der Waals surface area contributed by atoms with Gasteiger partial charge in [-0.15, -0.1) is 0 Å². The number of esters is 1. The fourth-order valence-corrected chi connectivity index (χ4v) is 4.24. The molecule has 178 valence electrons. The highest BCUT2D eigenvalue weighted by Gasteiger charge is 2.27. The Morgan fingerprint density at radius 1 is 0.971 bits per heavy atom. The SMILES string of the molecule is CCOC(=O)c1nc2cc(Cl)c(Cl)cc2nc1N1CCCN(C(=O)c2ccc(F)c(Cl)c2)CC1. The predicted molar refractivity (Wildman–Crippen MR) is 130 cm³/mol. The van der Waals surface area contributed by atoms with Crippen molar-refractivity contribution < 1.29 is 18.7 Å². The van der Waals surface area contributed by atoms with Gasteiger partial charge >= 0.3 is 5.97 Å². The Hall–Kier alpha value is -2.68. The number of amides is 1. The topological polar surface area (TPSA) is 75.6 Å². The van der Waals surface area contributed by atoms with Gasteiger partial charge in [-0.25, -0.2) is 19.2 Å². The van der Waals surface area contributed by atoms with Crippen molar-refractivity contribution >= 4 is 63.5 Å². The number of hydrogen-bond acceptors (Lipinski definition) is 6. The van der Waals surface area contributed by atoms with Gasteiger partial charge in [0, 0.05) is 31.7 Å². The highest BCUT2D eigenvalue weighted by atomic mass is 35.5. The van der Waals surface area contributed by atoms with E-state index < -0.39 is 11.8 Å². The Morgan fingerprint density at radius 2 is 1.68 bits per heavy atom. The molecule has 0 unspecified atom stereocenters. The maximum absolute atomic E-state index is 13.5. The van der Waals surface area contributed by atoms with Crippen molar-refractivity contribution in [2.45, 2.75) is 13.3 Å². The van der Waals surface area contributed by atoms with Gasteiger partial charge in [-0.1, -0.05) is 34.8 Å². The molecule has 1 aromatic heterocycles. The number of hydrogen-bond donors (Lipinski definition) is 0. The van der Waals surface area contributed by atoms with Crippen LogP contribution >= 0.6 is 34.8 Å². The predicted octanol–water partition coefficient (Wildman–Crippen LogP) is 5.26. The van der Waals surface area contributed by atoms with E-state index in [1.54, 1.807) is 24.0 Å². The molecule has 0 saturated carbocycles. The molecule has 1 fully saturated rings. The molecule has 7 nitrogen and oxygen atoms in total. The van der Waals surface area contributed by atoms with E-state index in [-0.39, 0.29) is 23.2 Å². The van der Waals surface area contributed by atoms with E-state index in [4.69, 9.17) is 39.5 Å². The molecule has 0 radical (unpaired) electrons. The van der Waals surface area contributed by atoms with Crippen LogP contribution in [0.2, 0.25) is 15.1 Å². The van der Waals surface area contributed by atoms with Crippen LogP contribution in [0.25, 0.3) is 11.0 Å². The zero-order valence-electron chi connectivity index (χ0n) is 18.2. The van der Waals surface area contributed by atoms with E-state index in [0.717, 1.165) is 0 Å². The van der Waals surface area contributed by atoms with Crippen molar-refractivity contribution in [3.05, 3.63) is 62.5 Å². The van der Waals surface area contributed by atoms with Crippen LogP contribution in [0.15, 0.2) is 30.3 Å². The number of halogens is 4. The summed E-state index contributed by atoms with van der Waals surface area (Å²) in [5.74, 6) is -1.08. The molecule has 0 aliphatic carbocycles. The Kier molecular flexibility index (Phi) is 7.40.